The van der Waals surface area contributed by atoms with Gasteiger partial charge in [0, 0.05) is 11.3 Å². The van der Waals surface area contributed by atoms with Gasteiger partial charge in [0.05, 0.1) is 0 Å². The maximum absolute atomic E-state index is 2.43. The topological polar surface area (TPSA) is 0 Å². The molecule has 0 spiro atoms. The molecule has 1 aliphatic rings. The summed E-state index contributed by atoms with van der Waals surface area (Å²) in [6.45, 7) is 9.39. The van der Waals surface area contributed by atoms with E-state index in [-0.39, 0.29) is 11.3 Å². The number of hydrogen-bond donors (Lipinski definition) is 0. The van der Waals surface area contributed by atoms with Crippen LogP contribution in [0.15, 0.2) is 186 Å². The second kappa shape index (κ2) is 12.7. The van der Waals surface area contributed by atoms with Crippen LogP contribution >= 0.6 is 0 Å². The van der Waals surface area contributed by atoms with Gasteiger partial charge in [-0.15, -0.1) is 0 Å². The van der Waals surface area contributed by atoms with Crippen molar-refractivity contribution in [2.75, 3.05) is 0 Å². The van der Waals surface area contributed by atoms with Crippen LogP contribution in [0.4, 0.5) is 0 Å². The third-order valence-electron chi connectivity index (χ3n) is 8.84. The number of allylic oxidation sites excluding steroid dienone is 6. The first-order valence-corrected chi connectivity index (χ1v) is 15.6. The Morgan fingerprint density at radius 2 is 0.909 bits per heavy atom. The van der Waals surface area contributed by atoms with E-state index in [4.69, 9.17) is 0 Å². The van der Waals surface area contributed by atoms with Crippen LogP contribution in [0.25, 0.3) is 11.1 Å². The van der Waals surface area contributed by atoms with E-state index in [1.807, 2.05) is 0 Å². The Labute approximate surface area is 263 Å². The molecule has 1 fully saturated rings. The molecule has 0 bridgehead atoms. The molecule has 0 heterocycles. The fraction of sp³-hybridized carbons (Fsp3) is 0.136. The molecule has 0 heteroatoms. The van der Waals surface area contributed by atoms with Gasteiger partial charge in [-0.05, 0) is 69.5 Å². The van der Waals surface area contributed by atoms with Crippen molar-refractivity contribution < 1.29 is 0 Å². The van der Waals surface area contributed by atoms with Gasteiger partial charge in [-0.3, -0.25) is 0 Å². The molecule has 1 atom stereocenters. The summed E-state index contributed by atoms with van der Waals surface area (Å²) in [6.07, 6.45) is 4.78. The Morgan fingerprint density at radius 3 is 1.32 bits per heavy atom. The summed E-state index contributed by atoms with van der Waals surface area (Å²) in [7, 11) is 0. The molecule has 0 amide bonds. The molecule has 5 aromatic carbocycles. The summed E-state index contributed by atoms with van der Waals surface area (Å²) in [5.41, 5.74) is 14.2. The van der Waals surface area contributed by atoms with E-state index >= 15 is 0 Å². The molecule has 0 N–H and O–H groups in total. The zero-order valence-electron chi connectivity index (χ0n) is 26.2. The first-order chi connectivity index (χ1) is 21.5. The molecule has 216 valence electrons. The molecule has 5 aromatic rings. The molecule has 0 nitrogen and oxygen atoms in total. The zero-order chi connectivity index (χ0) is 30.5. The van der Waals surface area contributed by atoms with Crippen molar-refractivity contribution in [2.24, 2.45) is 5.41 Å². The molecular weight excluding hydrogens is 528 g/mol. The van der Waals surface area contributed by atoms with Crippen molar-refractivity contribution in [2.45, 2.75) is 33.6 Å². The van der Waals surface area contributed by atoms with Crippen molar-refractivity contribution in [1.82, 2.24) is 0 Å². The smallest absolute Gasteiger partial charge is 0.0320 e. The minimum Gasteiger partial charge on any atom is -0.0720 e. The average molecular weight is 569 g/mol. The van der Waals surface area contributed by atoms with Crippen LogP contribution in [0, 0.1) is 5.41 Å². The summed E-state index contributed by atoms with van der Waals surface area (Å²) < 4.78 is 0. The lowest BCUT2D eigenvalue weighted by Crippen LogP contribution is -2.13. The Bertz CT molecular complexity index is 1750. The van der Waals surface area contributed by atoms with Crippen LogP contribution in [-0.2, 0) is 0 Å². The van der Waals surface area contributed by atoms with Gasteiger partial charge in [0.15, 0.2) is 0 Å². The van der Waals surface area contributed by atoms with Gasteiger partial charge in [-0.2, -0.15) is 0 Å². The molecule has 0 aromatic heterocycles. The molecule has 6 rings (SSSR count). The van der Waals surface area contributed by atoms with Gasteiger partial charge in [0.1, 0.15) is 0 Å². The van der Waals surface area contributed by atoms with Crippen LogP contribution in [0.2, 0.25) is 0 Å². The van der Waals surface area contributed by atoms with Gasteiger partial charge in [-0.1, -0.05) is 183 Å². The largest absolute Gasteiger partial charge is 0.0720 e. The second-order valence-electron chi connectivity index (χ2n) is 12.3. The van der Waals surface area contributed by atoms with E-state index in [1.165, 1.54) is 61.3 Å². The lowest BCUT2D eigenvalue weighted by atomic mass is 9.78. The zero-order valence-corrected chi connectivity index (χ0v) is 26.2. The molecule has 0 aliphatic heterocycles. The quantitative estimate of drug-likeness (QED) is 0.191. The van der Waals surface area contributed by atoms with Crippen LogP contribution in [0.3, 0.4) is 0 Å². The molecule has 1 saturated carbocycles. The highest BCUT2D eigenvalue weighted by atomic mass is 14.5. The minimum atomic E-state index is -0.196. The van der Waals surface area contributed by atoms with Crippen LogP contribution < -0.4 is 0 Å². The van der Waals surface area contributed by atoms with Gasteiger partial charge in [0.2, 0.25) is 0 Å². The minimum absolute atomic E-state index is 0.0931. The molecule has 1 aliphatic carbocycles. The number of benzene rings is 5. The SMILES string of the molecule is CC(C)=C1C(=C(c2ccccc2)c2ccccc2)C(c2ccccc2)/C(=C\C=C(c2ccccc2)c2ccccc2)C1(C)C. The first-order valence-electron chi connectivity index (χ1n) is 15.6. The third-order valence-corrected chi connectivity index (χ3v) is 8.84. The Hall–Kier alpha value is -4.94. The van der Waals surface area contributed by atoms with E-state index in [0.29, 0.717) is 0 Å². The normalized spacial score (nSPS) is 16.5. The van der Waals surface area contributed by atoms with Gasteiger partial charge in [0.25, 0.3) is 0 Å². The van der Waals surface area contributed by atoms with Crippen LogP contribution in [0.1, 0.15) is 61.4 Å². The van der Waals surface area contributed by atoms with Crippen molar-refractivity contribution in [3.8, 4) is 0 Å². The highest BCUT2D eigenvalue weighted by Crippen LogP contribution is 2.61. The standard InChI is InChI=1S/C44H40/c1-32(2)43-42(40(35-24-14-7-15-25-35)36-26-16-8-17-27-36)41(37-28-18-9-19-29-37)39(44(43,3)4)31-30-38(33-20-10-5-11-21-33)34-22-12-6-13-23-34/h5-31,41H,1-4H3/b39-31+. The highest BCUT2D eigenvalue weighted by molar-refractivity contribution is 5.89. The van der Waals surface area contributed by atoms with Gasteiger partial charge < -0.3 is 0 Å². The van der Waals surface area contributed by atoms with E-state index in [0.717, 1.165) is 0 Å². The van der Waals surface area contributed by atoms with Gasteiger partial charge in [-0.25, -0.2) is 0 Å². The maximum atomic E-state index is 2.43. The summed E-state index contributed by atoms with van der Waals surface area (Å²) in [5.74, 6) is 0.0931. The molecule has 44 heavy (non-hydrogen) atoms. The fourth-order valence-electron chi connectivity index (χ4n) is 7.06. The van der Waals surface area contributed by atoms with E-state index in [9.17, 15) is 0 Å². The fourth-order valence-corrected chi connectivity index (χ4v) is 7.06. The van der Waals surface area contributed by atoms with Crippen molar-refractivity contribution in [1.29, 1.82) is 0 Å². The van der Waals surface area contributed by atoms with Crippen LogP contribution in [0.5, 0.6) is 0 Å². The maximum Gasteiger partial charge on any atom is 0.0320 e. The van der Waals surface area contributed by atoms with Crippen molar-refractivity contribution in [3.63, 3.8) is 0 Å². The summed E-state index contributed by atoms with van der Waals surface area (Å²) in [4.78, 5) is 0. The third kappa shape index (κ3) is 5.69. The summed E-state index contributed by atoms with van der Waals surface area (Å²) in [6, 6.07) is 54.5. The Morgan fingerprint density at radius 1 is 0.523 bits per heavy atom. The molecular formula is C44H40. The Kier molecular flexibility index (Phi) is 8.44. The summed E-state index contributed by atoms with van der Waals surface area (Å²) >= 11 is 0. The highest BCUT2D eigenvalue weighted by Gasteiger charge is 2.46. The monoisotopic (exact) mass is 568 g/mol. The second-order valence-corrected chi connectivity index (χ2v) is 12.3. The van der Waals surface area contributed by atoms with Gasteiger partial charge >= 0.3 is 0 Å². The Balaban J connectivity index is 1.70. The van der Waals surface area contributed by atoms with E-state index in [1.54, 1.807) is 0 Å². The summed E-state index contributed by atoms with van der Waals surface area (Å²) in [5, 5.41) is 0. The first kappa shape index (κ1) is 29.1. The van der Waals surface area contributed by atoms with Crippen molar-refractivity contribution in [3.05, 3.63) is 214 Å². The number of hydrogen-bond acceptors (Lipinski definition) is 0. The lowest BCUT2D eigenvalue weighted by molar-refractivity contribution is 0.562. The van der Waals surface area contributed by atoms with Crippen molar-refractivity contribution >= 4 is 11.1 Å². The molecule has 0 saturated heterocycles. The predicted molar refractivity (Wildman–Crippen MR) is 188 cm³/mol. The van der Waals surface area contributed by atoms with E-state index in [2.05, 4.69) is 192 Å². The predicted octanol–water partition coefficient (Wildman–Crippen LogP) is 11.7. The molecule has 0 radical (unpaired) electrons. The average Bonchev–Trinajstić information content (AvgIpc) is 3.29. The molecule has 1 unspecified atom stereocenters. The lowest BCUT2D eigenvalue weighted by Gasteiger charge is -2.25. The number of rotatable bonds is 6. The van der Waals surface area contributed by atoms with Crippen LogP contribution in [-0.4, -0.2) is 0 Å². The van der Waals surface area contributed by atoms with E-state index < -0.39 is 0 Å².